The summed E-state index contributed by atoms with van der Waals surface area (Å²) < 4.78 is 18.5. The van der Waals surface area contributed by atoms with Crippen molar-refractivity contribution in [3.05, 3.63) is 77.1 Å². The normalized spacial score (nSPS) is 19.5. The van der Waals surface area contributed by atoms with E-state index in [4.69, 9.17) is 4.74 Å². The van der Waals surface area contributed by atoms with E-state index in [0.29, 0.717) is 12.3 Å². The van der Waals surface area contributed by atoms with Crippen LogP contribution in [0.1, 0.15) is 55.7 Å². The number of hydrogen-bond donors (Lipinski definition) is 0. The van der Waals surface area contributed by atoms with Crippen molar-refractivity contribution in [3.63, 3.8) is 0 Å². The third kappa shape index (κ3) is 4.22. The molecule has 2 aromatic carbocycles. The molecule has 0 aliphatic heterocycles. The van der Waals surface area contributed by atoms with Gasteiger partial charge in [-0.25, -0.2) is 4.39 Å². The molecule has 0 saturated carbocycles. The zero-order chi connectivity index (χ0) is 20.3. The van der Waals surface area contributed by atoms with E-state index in [-0.39, 0.29) is 24.1 Å². The molecule has 0 N–H and O–H groups in total. The topological polar surface area (TPSA) is 43.4 Å². The number of benzene rings is 2. The number of carbonyl (C=O) groups is 2. The monoisotopic (exact) mass is 380 g/mol. The zero-order valence-electron chi connectivity index (χ0n) is 16.4. The molecule has 0 amide bonds. The number of ketones is 1. The summed E-state index contributed by atoms with van der Waals surface area (Å²) in [6, 6.07) is 14.2. The maximum Gasteiger partial charge on any atom is 0.317 e. The van der Waals surface area contributed by atoms with Crippen molar-refractivity contribution in [3.8, 4) is 0 Å². The first-order chi connectivity index (χ1) is 13.4. The van der Waals surface area contributed by atoms with Gasteiger partial charge in [-0.1, -0.05) is 50.2 Å². The quantitative estimate of drug-likeness (QED) is 0.524. The number of carbonyl (C=O) groups excluding carboxylic acids is 2. The molecule has 2 atom stereocenters. The van der Waals surface area contributed by atoms with Gasteiger partial charge in [0.15, 0.2) is 5.78 Å². The van der Waals surface area contributed by atoms with Crippen LogP contribution in [0.15, 0.2) is 54.6 Å². The molecule has 0 spiro atoms. The molecule has 0 heterocycles. The first kappa shape index (κ1) is 20.0. The third-order valence-corrected chi connectivity index (χ3v) is 5.25. The van der Waals surface area contributed by atoms with Crippen molar-refractivity contribution in [1.29, 1.82) is 0 Å². The van der Waals surface area contributed by atoms with Crippen LogP contribution in [-0.4, -0.2) is 18.4 Å². The average molecular weight is 380 g/mol. The van der Waals surface area contributed by atoms with Crippen molar-refractivity contribution in [1.82, 2.24) is 0 Å². The molecule has 3 rings (SSSR count). The van der Waals surface area contributed by atoms with Crippen LogP contribution in [0.2, 0.25) is 0 Å². The standard InChI is InChI=1S/C24H25FO3/c1-4-28-24(27)23-21(18-7-5-16(6-8-18)15(2)3)13-19(14-22(23)26)17-9-11-20(25)12-10-17/h5-12,14-15,21,23H,4,13H2,1-3H3/t21-,23+/m1/s1. The second kappa shape index (κ2) is 8.51. The fraction of sp³-hybridized carbons (Fsp3) is 0.333. The lowest BCUT2D eigenvalue weighted by atomic mass is 9.73. The molecule has 1 aliphatic rings. The molecule has 146 valence electrons. The van der Waals surface area contributed by atoms with Crippen LogP contribution >= 0.6 is 0 Å². The molecule has 0 radical (unpaired) electrons. The lowest BCUT2D eigenvalue weighted by molar-refractivity contribution is -0.151. The van der Waals surface area contributed by atoms with Crippen molar-refractivity contribution >= 4 is 17.3 Å². The Bertz CT molecular complexity index is 879. The SMILES string of the molecule is CCOC(=O)[C@@H]1C(=O)C=C(c2ccc(F)cc2)C[C@@H]1c1ccc(C(C)C)cc1. The molecular weight excluding hydrogens is 355 g/mol. The Labute approximate surface area is 165 Å². The molecule has 3 nitrogen and oxygen atoms in total. The number of allylic oxidation sites excluding steroid dienone is 2. The Balaban J connectivity index is 1.99. The summed E-state index contributed by atoms with van der Waals surface area (Å²) in [5, 5.41) is 0. The van der Waals surface area contributed by atoms with Gasteiger partial charge < -0.3 is 4.74 Å². The molecule has 28 heavy (non-hydrogen) atoms. The third-order valence-electron chi connectivity index (χ3n) is 5.25. The van der Waals surface area contributed by atoms with E-state index >= 15 is 0 Å². The molecule has 0 fully saturated rings. The highest BCUT2D eigenvalue weighted by molar-refractivity contribution is 6.10. The molecule has 0 unspecified atom stereocenters. The summed E-state index contributed by atoms with van der Waals surface area (Å²) in [6.45, 7) is 6.21. The highest BCUT2D eigenvalue weighted by atomic mass is 19.1. The lowest BCUT2D eigenvalue weighted by Gasteiger charge is -2.29. The fourth-order valence-electron chi connectivity index (χ4n) is 3.69. The van der Waals surface area contributed by atoms with Crippen molar-refractivity contribution in [2.75, 3.05) is 6.61 Å². The Morgan fingerprint density at radius 1 is 1.11 bits per heavy atom. The highest BCUT2D eigenvalue weighted by Crippen LogP contribution is 2.40. The summed E-state index contributed by atoms with van der Waals surface area (Å²) in [7, 11) is 0. The molecule has 1 aliphatic carbocycles. The predicted octanol–water partition coefficient (Wildman–Crippen LogP) is 5.27. The van der Waals surface area contributed by atoms with Gasteiger partial charge >= 0.3 is 5.97 Å². The van der Waals surface area contributed by atoms with Gasteiger partial charge in [-0.2, -0.15) is 0 Å². The zero-order valence-corrected chi connectivity index (χ0v) is 16.4. The van der Waals surface area contributed by atoms with E-state index in [9.17, 15) is 14.0 Å². The van der Waals surface area contributed by atoms with Crippen LogP contribution in [0.25, 0.3) is 5.57 Å². The van der Waals surface area contributed by atoms with Gasteiger partial charge in [0.25, 0.3) is 0 Å². The minimum atomic E-state index is -0.853. The van der Waals surface area contributed by atoms with Crippen molar-refractivity contribution in [2.45, 2.75) is 39.0 Å². The van der Waals surface area contributed by atoms with Gasteiger partial charge in [-0.05, 0) is 59.7 Å². The van der Waals surface area contributed by atoms with E-state index < -0.39 is 11.9 Å². The maximum atomic E-state index is 13.3. The lowest BCUT2D eigenvalue weighted by Crippen LogP contribution is -2.34. The number of ether oxygens (including phenoxy) is 1. The Hall–Kier alpha value is -2.75. The first-order valence-corrected chi connectivity index (χ1v) is 9.67. The number of esters is 1. The maximum absolute atomic E-state index is 13.3. The van der Waals surface area contributed by atoms with Crippen LogP contribution < -0.4 is 0 Å². The van der Waals surface area contributed by atoms with E-state index in [1.54, 1.807) is 19.1 Å². The van der Waals surface area contributed by atoms with Crippen LogP contribution in [0, 0.1) is 11.7 Å². The Morgan fingerprint density at radius 2 is 1.75 bits per heavy atom. The van der Waals surface area contributed by atoms with Gasteiger partial charge in [-0.15, -0.1) is 0 Å². The highest BCUT2D eigenvalue weighted by Gasteiger charge is 2.39. The Morgan fingerprint density at radius 3 is 2.32 bits per heavy atom. The number of rotatable bonds is 5. The van der Waals surface area contributed by atoms with Gasteiger partial charge in [0.2, 0.25) is 0 Å². The summed E-state index contributed by atoms with van der Waals surface area (Å²) in [4.78, 5) is 25.4. The summed E-state index contributed by atoms with van der Waals surface area (Å²) in [5.74, 6) is -1.83. The molecular formula is C24H25FO3. The summed E-state index contributed by atoms with van der Waals surface area (Å²) in [5.41, 5.74) is 3.74. The first-order valence-electron chi connectivity index (χ1n) is 9.67. The summed E-state index contributed by atoms with van der Waals surface area (Å²) >= 11 is 0. The van der Waals surface area contributed by atoms with Gasteiger partial charge in [-0.3, -0.25) is 9.59 Å². The summed E-state index contributed by atoms with van der Waals surface area (Å²) in [6.07, 6.45) is 2.02. The van der Waals surface area contributed by atoms with Gasteiger partial charge in [0, 0.05) is 5.92 Å². The molecule has 0 saturated heterocycles. The number of hydrogen-bond acceptors (Lipinski definition) is 3. The van der Waals surface area contributed by atoms with E-state index in [2.05, 4.69) is 13.8 Å². The molecule has 0 aromatic heterocycles. The minimum Gasteiger partial charge on any atom is -0.465 e. The fourth-order valence-corrected chi connectivity index (χ4v) is 3.69. The minimum absolute atomic E-state index is 0.232. The predicted molar refractivity (Wildman–Crippen MR) is 107 cm³/mol. The van der Waals surface area contributed by atoms with Gasteiger partial charge in [0.1, 0.15) is 11.7 Å². The van der Waals surface area contributed by atoms with Crippen LogP contribution in [-0.2, 0) is 14.3 Å². The van der Waals surface area contributed by atoms with Gasteiger partial charge in [0.05, 0.1) is 6.61 Å². The second-order valence-electron chi connectivity index (χ2n) is 7.44. The van der Waals surface area contributed by atoms with E-state index in [1.165, 1.54) is 23.8 Å². The second-order valence-corrected chi connectivity index (χ2v) is 7.44. The molecule has 4 heteroatoms. The average Bonchev–Trinajstić information content (AvgIpc) is 2.68. The van der Waals surface area contributed by atoms with Crippen molar-refractivity contribution < 1.29 is 18.7 Å². The molecule has 0 bridgehead atoms. The van der Waals surface area contributed by atoms with Crippen LogP contribution in [0.4, 0.5) is 4.39 Å². The Kier molecular flexibility index (Phi) is 6.08. The van der Waals surface area contributed by atoms with E-state index in [1.807, 2.05) is 24.3 Å². The largest absolute Gasteiger partial charge is 0.465 e. The van der Waals surface area contributed by atoms with Crippen molar-refractivity contribution in [2.24, 2.45) is 5.92 Å². The number of halogens is 1. The van der Waals surface area contributed by atoms with Crippen LogP contribution in [0.5, 0.6) is 0 Å². The van der Waals surface area contributed by atoms with E-state index in [0.717, 1.165) is 16.7 Å². The van der Waals surface area contributed by atoms with Crippen LogP contribution in [0.3, 0.4) is 0 Å². The molecule has 2 aromatic rings. The smallest absolute Gasteiger partial charge is 0.317 e.